The van der Waals surface area contributed by atoms with Crippen LogP contribution in [0.25, 0.3) is 24.3 Å². The molecule has 1 N–H and O–H groups in total. The van der Waals surface area contributed by atoms with Crippen LogP contribution in [0.3, 0.4) is 0 Å². The summed E-state index contributed by atoms with van der Waals surface area (Å²) in [6, 6.07) is 36.4. The molecule has 1 aliphatic rings. The fraction of sp³-hybridized carbons (Fsp3) is 0.196. The number of aliphatic hydroxyl groups excluding tert-OH is 1. The lowest BCUT2D eigenvalue weighted by Crippen LogP contribution is -2.39. The second-order valence-corrected chi connectivity index (χ2v) is 15.2. The van der Waals surface area contributed by atoms with Crippen molar-refractivity contribution in [1.82, 2.24) is 0 Å². The fourth-order valence-corrected chi connectivity index (χ4v) is 6.87. The predicted octanol–water partition coefficient (Wildman–Crippen LogP) is 7.81. The standard InChI is InChI=1S/C23H20BrFO5.C23H21FO5S/c24-19(16-29-21(27)13-11-17-7-3-1-4-8-17)23(20(25)15-26)30-22(28)14-12-18-9-5-2-6-10-18;24-21-22(29-20(26)14-12-17-9-5-2-6-10-17)18(30-23(21)27)15-28-19(25)13-11-16-7-3-1-4-8-16/h1-15,19-20,23H,16H2;1-14,18,21-23,27H,15H2/b2*13-11+,14-12+/t19-,20+,23+;18-,21+,22-,23?/m01/s1. The van der Waals surface area contributed by atoms with Crippen molar-refractivity contribution in [2.24, 2.45) is 0 Å². The molecule has 1 fully saturated rings. The number of esters is 4. The molecule has 0 spiro atoms. The van der Waals surface area contributed by atoms with Crippen molar-refractivity contribution >= 4 is 82.2 Å². The number of halogens is 3. The molecule has 0 aromatic heterocycles. The Balaban J connectivity index is 0.000000265. The molecule has 0 bridgehead atoms. The van der Waals surface area contributed by atoms with Crippen LogP contribution in [0, 0.1) is 0 Å². The Labute approximate surface area is 358 Å². The van der Waals surface area contributed by atoms with Gasteiger partial charge in [-0.15, -0.1) is 11.8 Å². The summed E-state index contributed by atoms with van der Waals surface area (Å²) in [7, 11) is 0. The molecule has 1 aliphatic heterocycles. The quantitative estimate of drug-likeness (QED) is 0.0365. The van der Waals surface area contributed by atoms with Crippen molar-refractivity contribution in [2.75, 3.05) is 13.2 Å². The maximum atomic E-state index is 14.3. The predicted molar refractivity (Wildman–Crippen MR) is 230 cm³/mol. The molecule has 1 saturated heterocycles. The minimum absolute atomic E-state index is 0.0320. The summed E-state index contributed by atoms with van der Waals surface area (Å²) >= 11 is 4.01. The third kappa shape index (κ3) is 16.7. The Morgan fingerprint density at radius 2 is 1.05 bits per heavy atom. The SMILES string of the molecule is O=C(/C=C/c1ccccc1)OC[C@H]1SC(O)[C@@H](F)[C@@H]1OC(=O)/C=C/c1ccccc1.O=C[C@@H](F)[C@H](OC(=O)/C=C/c1ccccc1)[C@@H](Br)COC(=O)/C=C/c1ccccc1. The molecule has 14 heteroatoms. The number of thioether (sulfide) groups is 1. The van der Waals surface area contributed by atoms with Crippen molar-refractivity contribution in [1.29, 1.82) is 0 Å². The van der Waals surface area contributed by atoms with E-state index in [9.17, 15) is 37.9 Å². The van der Waals surface area contributed by atoms with Crippen molar-refractivity contribution in [3.8, 4) is 0 Å². The third-order valence-electron chi connectivity index (χ3n) is 8.19. The Hall–Kier alpha value is -5.96. The second kappa shape index (κ2) is 25.5. The lowest BCUT2D eigenvalue weighted by Gasteiger charge is -2.22. The topological polar surface area (TPSA) is 143 Å². The molecule has 0 aliphatic carbocycles. The van der Waals surface area contributed by atoms with E-state index >= 15 is 0 Å². The first-order valence-electron chi connectivity index (χ1n) is 18.4. The minimum Gasteiger partial charge on any atom is -0.461 e. The first-order valence-corrected chi connectivity index (χ1v) is 20.3. The largest absolute Gasteiger partial charge is 0.461 e. The summed E-state index contributed by atoms with van der Waals surface area (Å²) in [5.41, 5.74) is 1.84. The van der Waals surface area contributed by atoms with Crippen LogP contribution in [0.15, 0.2) is 146 Å². The summed E-state index contributed by atoms with van der Waals surface area (Å²) in [4.78, 5) is 57.9. The van der Waals surface area contributed by atoms with Gasteiger partial charge in [0.15, 0.2) is 30.8 Å². The lowest BCUT2D eigenvalue weighted by molar-refractivity contribution is -0.150. The molecular formula is C46H41BrF2O10S. The number of rotatable bonds is 17. The molecule has 312 valence electrons. The van der Waals surface area contributed by atoms with E-state index in [1.54, 1.807) is 42.5 Å². The molecule has 0 saturated carbocycles. The van der Waals surface area contributed by atoms with Gasteiger partial charge in [-0.05, 0) is 46.6 Å². The van der Waals surface area contributed by atoms with E-state index < -0.39 is 63.9 Å². The van der Waals surface area contributed by atoms with Gasteiger partial charge in [-0.1, -0.05) is 137 Å². The van der Waals surface area contributed by atoms with Gasteiger partial charge in [0, 0.05) is 24.3 Å². The first kappa shape index (κ1) is 46.7. The Morgan fingerprint density at radius 3 is 1.48 bits per heavy atom. The van der Waals surface area contributed by atoms with E-state index in [1.807, 2.05) is 97.1 Å². The van der Waals surface area contributed by atoms with E-state index in [0.29, 0.717) is 0 Å². The highest BCUT2D eigenvalue weighted by molar-refractivity contribution is 9.09. The zero-order valence-electron chi connectivity index (χ0n) is 31.9. The van der Waals surface area contributed by atoms with Crippen LogP contribution in [0.4, 0.5) is 8.78 Å². The number of aliphatic hydroxyl groups is 1. The Morgan fingerprint density at radius 1 is 0.650 bits per heavy atom. The monoisotopic (exact) mass is 902 g/mol. The first-order chi connectivity index (χ1) is 29.0. The molecule has 60 heavy (non-hydrogen) atoms. The maximum absolute atomic E-state index is 14.3. The lowest BCUT2D eigenvalue weighted by atomic mass is 10.1. The zero-order valence-corrected chi connectivity index (χ0v) is 34.3. The van der Waals surface area contributed by atoms with E-state index in [0.717, 1.165) is 40.1 Å². The van der Waals surface area contributed by atoms with Crippen LogP contribution in [0.5, 0.6) is 0 Å². The summed E-state index contributed by atoms with van der Waals surface area (Å²) in [5, 5.41) is 9.09. The van der Waals surface area contributed by atoms with Gasteiger partial charge in [-0.3, -0.25) is 4.79 Å². The van der Waals surface area contributed by atoms with E-state index in [2.05, 4.69) is 15.9 Å². The van der Waals surface area contributed by atoms with Gasteiger partial charge in [0.2, 0.25) is 0 Å². The normalized spacial score (nSPS) is 18.9. The minimum atomic E-state index is -2.08. The van der Waals surface area contributed by atoms with E-state index in [1.165, 1.54) is 24.3 Å². The van der Waals surface area contributed by atoms with Crippen LogP contribution in [0.2, 0.25) is 0 Å². The highest BCUT2D eigenvalue weighted by Crippen LogP contribution is 2.37. The van der Waals surface area contributed by atoms with Crippen LogP contribution < -0.4 is 0 Å². The summed E-state index contributed by atoms with van der Waals surface area (Å²) < 4.78 is 48.8. The number of carbonyl (C=O) groups excluding carboxylic acids is 5. The Bertz CT molecular complexity index is 2090. The van der Waals surface area contributed by atoms with Gasteiger partial charge in [0.05, 0.1) is 10.1 Å². The Kier molecular flexibility index (Phi) is 19.9. The summed E-state index contributed by atoms with van der Waals surface area (Å²) in [5.74, 6) is -2.82. The average molecular weight is 904 g/mol. The molecule has 1 unspecified atom stereocenters. The van der Waals surface area contributed by atoms with Gasteiger partial charge in [0.25, 0.3) is 0 Å². The summed E-state index contributed by atoms with van der Waals surface area (Å²) in [6.07, 6.45) is 4.56. The van der Waals surface area contributed by atoms with Gasteiger partial charge >= 0.3 is 23.9 Å². The molecule has 0 amide bonds. The van der Waals surface area contributed by atoms with Crippen LogP contribution in [-0.2, 0) is 42.9 Å². The number of hydrogen-bond acceptors (Lipinski definition) is 11. The highest BCUT2D eigenvalue weighted by Gasteiger charge is 2.47. The molecule has 7 atom stereocenters. The van der Waals surface area contributed by atoms with Crippen molar-refractivity contribution in [3.05, 3.63) is 168 Å². The molecule has 4 aromatic carbocycles. The van der Waals surface area contributed by atoms with Crippen molar-refractivity contribution in [3.63, 3.8) is 0 Å². The number of ether oxygens (including phenoxy) is 4. The number of carbonyl (C=O) groups is 5. The van der Waals surface area contributed by atoms with Crippen molar-refractivity contribution in [2.45, 2.75) is 40.1 Å². The van der Waals surface area contributed by atoms with Crippen molar-refractivity contribution < 1.29 is 56.8 Å². The molecular weight excluding hydrogens is 862 g/mol. The highest BCUT2D eigenvalue weighted by atomic mass is 79.9. The number of hydrogen-bond donors (Lipinski definition) is 1. The number of benzene rings is 4. The van der Waals surface area contributed by atoms with Crippen LogP contribution in [-0.4, -0.2) is 88.5 Å². The van der Waals surface area contributed by atoms with Gasteiger partial charge < -0.3 is 24.1 Å². The van der Waals surface area contributed by atoms with Crippen LogP contribution in [0.1, 0.15) is 22.3 Å². The molecule has 4 aromatic rings. The van der Waals surface area contributed by atoms with Crippen LogP contribution >= 0.6 is 27.7 Å². The molecule has 5 rings (SSSR count). The van der Waals surface area contributed by atoms with E-state index in [4.69, 9.17) is 18.9 Å². The molecule has 10 nitrogen and oxygen atoms in total. The van der Waals surface area contributed by atoms with Gasteiger partial charge in [0.1, 0.15) is 18.6 Å². The maximum Gasteiger partial charge on any atom is 0.331 e. The van der Waals surface area contributed by atoms with Gasteiger partial charge in [-0.25, -0.2) is 28.0 Å². The average Bonchev–Trinajstić information content (AvgIpc) is 3.55. The van der Waals surface area contributed by atoms with E-state index in [-0.39, 0.29) is 19.5 Å². The van der Waals surface area contributed by atoms with Gasteiger partial charge in [-0.2, -0.15) is 0 Å². The smallest absolute Gasteiger partial charge is 0.331 e. The zero-order chi connectivity index (χ0) is 43.1. The molecule has 1 heterocycles. The summed E-state index contributed by atoms with van der Waals surface area (Å²) in [6.45, 7) is -0.493. The fourth-order valence-electron chi connectivity index (χ4n) is 5.17. The third-order valence-corrected chi connectivity index (χ3v) is 10.3. The number of aldehydes is 1. The second-order valence-electron chi connectivity index (χ2n) is 12.6. The molecule has 0 radical (unpaired) electrons. The number of alkyl halides is 3.